The molecule has 0 spiro atoms. The van der Waals surface area contributed by atoms with Gasteiger partial charge in [0.1, 0.15) is 4.34 Å². The highest BCUT2D eigenvalue weighted by Crippen LogP contribution is 2.30. The van der Waals surface area contributed by atoms with Gasteiger partial charge in [0.15, 0.2) is 0 Å². The molecule has 2 nitrogen and oxygen atoms in total. The van der Waals surface area contributed by atoms with E-state index in [9.17, 15) is 0 Å². The van der Waals surface area contributed by atoms with Gasteiger partial charge in [0.2, 0.25) is 0 Å². The number of thiazole rings is 1. The van der Waals surface area contributed by atoms with E-state index in [0.29, 0.717) is 0 Å². The quantitative estimate of drug-likeness (QED) is 0.860. The van der Waals surface area contributed by atoms with Crippen LogP contribution in [0, 0.1) is 0 Å². The van der Waals surface area contributed by atoms with Crippen molar-refractivity contribution in [1.29, 1.82) is 0 Å². The summed E-state index contributed by atoms with van der Waals surface area (Å²) >= 11 is 3.77. The summed E-state index contributed by atoms with van der Waals surface area (Å²) in [5.74, 6) is 0. The molecular formula is C10H16N2S2. The van der Waals surface area contributed by atoms with Crippen LogP contribution in [0.4, 0.5) is 0 Å². The number of thioether (sulfide) groups is 1. The zero-order valence-electron chi connectivity index (χ0n) is 8.45. The fourth-order valence-electron chi connectivity index (χ4n) is 1.56. The van der Waals surface area contributed by atoms with Crippen molar-refractivity contribution in [2.45, 2.75) is 35.8 Å². The SMILES string of the molecule is CCc1csc(SC2CCNCC2)n1. The highest BCUT2D eigenvalue weighted by molar-refractivity contribution is 8.01. The lowest BCUT2D eigenvalue weighted by molar-refractivity contribution is 0.531. The summed E-state index contributed by atoms with van der Waals surface area (Å²) in [5.41, 5.74) is 1.24. The number of aryl methyl sites for hydroxylation is 1. The topological polar surface area (TPSA) is 24.9 Å². The number of piperidine rings is 1. The third-order valence-electron chi connectivity index (χ3n) is 2.45. The van der Waals surface area contributed by atoms with Crippen molar-refractivity contribution >= 4 is 23.1 Å². The molecule has 1 aliphatic heterocycles. The van der Waals surface area contributed by atoms with Gasteiger partial charge in [-0.25, -0.2) is 4.98 Å². The van der Waals surface area contributed by atoms with Crippen molar-refractivity contribution < 1.29 is 0 Å². The van der Waals surface area contributed by atoms with E-state index in [4.69, 9.17) is 0 Å². The van der Waals surface area contributed by atoms with Gasteiger partial charge in [-0.2, -0.15) is 0 Å². The van der Waals surface area contributed by atoms with Gasteiger partial charge in [-0.05, 0) is 32.4 Å². The predicted octanol–water partition coefficient (Wildman–Crippen LogP) is 2.55. The molecule has 1 aromatic rings. The molecule has 2 rings (SSSR count). The number of hydrogen-bond donors (Lipinski definition) is 1. The molecule has 1 saturated heterocycles. The molecule has 2 heterocycles. The van der Waals surface area contributed by atoms with E-state index in [-0.39, 0.29) is 0 Å². The Hall–Kier alpha value is -0.0600. The van der Waals surface area contributed by atoms with Crippen molar-refractivity contribution in [2.24, 2.45) is 0 Å². The first-order valence-corrected chi connectivity index (χ1v) is 6.96. The predicted molar refractivity (Wildman–Crippen MR) is 63.2 cm³/mol. The summed E-state index contributed by atoms with van der Waals surface area (Å²) in [4.78, 5) is 4.58. The van der Waals surface area contributed by atoms with Crippen LogP contribution in [0.2, 0.25) is 0 Å². The molecule has 1 aliphatic rings. The molecule has 4 heteroatoms. The first-order valence-electron chi connectivity index (χ1n) is 5.20. The van der Waals surface area contributed by atoms with Crippen molar-refractivity contribution in [3.05, 3.63) is 11.1 Å². The zero-order valence-corrected chi connectivity index (χ0v) is 10.1. The van der Waals surface area contributed by atoms with Crippen molar-refractivity contribution in [3.8, 4) is 0 Å². The Balaban J connectivity index is 1.89. The van der Waals surface area contributed by atoms with Gasteiger partial charge >= 0.3 is 0 Å². The summed E-state index contributed by atoms with van der Waals surface area (Å²) in [5, 5.41) is 6.35. The Bertz CT molecular complexity index is 279. The maximum atomic E-state index is 4.58. The van der Waals surface area contributed by atoms with Crippen LogP contribution >= 0.6 is 23.1 Å². The second-order valence-corrected chi connectivity index (χ2v) is 5.93. The average molecular weight is 228 g/mol. The van der Waals surface area contributed by atoms with Crippen LogP contribution < -0.4 is 5.32 Å². The third kappa shape index (κ3) is 2.72. The van der Waals surface area contributed by atoms with Crippen LogP contribution in [-0.4, -0.2) is 23.3 Å². The van der Waals surface area contributed by atoms with E-state index < -0.39 is 0 Å². The first kappa shape index (κ1) is 10.5. The lowest BCUT2D eigenvalue weighted by atomic mass is 10.2. The first-order chi connectivity index (χ1) is 6.88. The minimum Gasteiger partial charge on any atom is -0.317 e. The van der Waals surface area contributed by atoms with E-state index in [1.165, 1.54) is 36.0 Å². The maximum Gasteiger partial charge on any atom is 0.150 e. The molecule has 78 valence electrons. The Kier molecular flexibility index (Phi) is 3.84. The minimum atomic E-state index is 0.784. The highest BCUT2D eigenvalue weighted by atomic mass is 32.2. The lowest BCUT2D eigenvalue weighted by Gasteiger charge is -2.20. The van der Waals surface area contributed by atoms with E-state index >= 15 is 0 Å². The highest BCUT2D eigenvalue weighted by Gasteiger charge is 2.15. The summed E-state index contributed by atoms with van der Waals surface area (Å²) in [7, 11) is 0. The largest absolute Gasteiger partial charge is 0.317 e. The summed E-state index contributed by atoms with van der Waals surface area (Å²) in [6.45, 7) is 4.50. The third-order valence-corrected chi connectivity index (χ3v) is 4.80. The van der Waals surface area contributed by atoms with Crippen molar-refractivity contribution in [2.75, 3.05) is 13.1 Å². The number of nitrogens with one attached hydrogen (secondary N) is 1. The number of nitrogens with zero attached hydrogens (tertiary/aromatic N) is 1. The number of hydrogen-bond acceptors (Lipinski definition) is 4. The van der Waals surface area contributed by atoms with Gasteiger partial charge < -0.3 is 5.32 Å². The molecule has 1 fully saturated rings. The molecular weight excluding hydrogens is 212 g/mol. The second kappa shape index (κ2) is 5.14. The van der Waals surface area contributed by atoms with Crippen LogP contribution in [0.1, 0.15) is 25.5 Å². The lowest BCUT2D eigenvalue weighted by Crippen LogP contribution is -2.29. The van der Waals surface area contributed by atoms with Crippen molar-refractivity contribution in [3.63, 3.8) is 0 Å². The van der Waals surface area contributed by atoms with Gasteiger partial charge in [-0.3, -0.25) is 0 Å². The summed E-state index contributed by atoms with van der Waals surface area (Å²) in [6.07, 6.45) is 3.63. The molecule has 1 N–H and O–H groups in total. The molecule has 1 aromatic heterocycles. The summed E-state index contributed by atoms with van der Waals surface area (Å²) in [6, 6.07) is 0. The van der Waals surface area contributed by atoms with Crippen LogP contribution in [0.25, 0.3) is 0 Å². The number of rotatable bonds is 3. The van der Waals surface area contributed by atoms with Gasteiger partial charge in [0.25, 0.3) is 0 Å². The maximum absolute atomic E-state index is 4.58. The summed E-state index contributed by atoms with van der Waals surface area (Å²) < 4.78 is 1.26. The van der Waals surface area contributed by atoms with Crippen LogP contribution in [0.5, 0.6) is 0 Å². The van der Waals surface area contributed by atoms with Crippen LogP contribution in [0.15, 0.2) is 9.72 Å². The van der Waals surface area contributed by atoms with Gasteiger partial charge in [-0.1, -0.05) is 18.7 Å². The van der Waals surface area contributed by atoms with Crippen molar-refractivity contribution in [1.82, 2.24) is 10.3 Å². The standard InChI is InChI=1S/C10H16N2S2/c1-2-8-7-13-10(12-8)14-9-3-5-11-6-4-9/h7,9,11H,2-6H2,1H3. The molecule has 0 aliphatic carbocycles. The Morgan fingerprint density at radius 2 is 2.36 bits per heavy atom. The van der Waals surface area contributed by atoms with E-state index in [2.05, 4.69) is 22.6 Å². The van der Waals surface area contributed by atoms with E-state index in [0.717, 1.165) is 11.7 Å². The minimum absolute atomic E-state index is 0.784. The molecule has 0 saturated carbocycles. The fourth-order valence-corrected chi connectivity index (χ4v) is 3.89. The van der Waals surface area contributed by atoms with Crippen LogP contribution in [0.3, 0.4) is 0 Å². The molecule has 0 aromatic carbocycles. The molecule has 0 unspecified atom stereocenters. The smallest absolute Gasteiger partial charge is 0.150 e. The molecule has 0 radical (unpaired) electrons. The Morgan fingerprint density at radius 1 is 1.57 bits per heavy atom. The Labute approximate surface area is 93.5 Å². The van der Waals surface area contributed by atoms with Gasteiger partial charge in [0.05, 0.1) is 5.69 Å². The molecule has 14 heavy (non-hydrogen) atoms. The molecule has 0 atom stereocenters. The molecule has 0 amide bonds. The van der Waals surface area contributed by atoms with Gasteiger partial charge in [0, 0.05) is 10.6 Å². The van der Waals surface area contributed by atoms with E-state index in [1.54, 1.807) is 11.3 Å². The monoisotopic (exact) mass is 228 g/mol. The van der Waals surface area contributed by atoms with Crippen LogP contribution in [-0.2, 0) is 6.42 Å². The average Bonchev–Trinajstić information content (AvgIpc) is 2.67. The zero-order chi connectivity index (χ0) is 9.80. The fraction of sp³-hybridized carbons (Fsp3) is 0.700. The normalized spacial score (nSPS) is 18.6. The Morgan fingerprint density at radius 3 is 3.00 bits per heavy atom. The van der Waals surface area contributed by atoms with E-state index in [1.807, 2.05) is 11.8 Å². The van der Waals surface area contributed by atoms with Gasteiger partial charge in [-0.15, -0.1) is 11.3 Å². The number of aromatic nitrogens is 1. The second-order valence-electron chi connectivity index (χ2n) is 3.53. The molecule has 0 bridgehead atoms.